The molecule has 0 saturated carbocycles. The maximum atomic E-state index is 6.25. The van der Waals surface area contributed by atoms with E-state index >= 15 is 0 Å². The van der Waals surface area contributed by atoms with E-state index in [0.29, 0.717) is 17.4 Å². The van der Waals surface area contributed by atoms with Crippen LogP contribution in [-0.4, -0.2) is 10.5 Å². The third-order valence-corrected chi connectivity index (χ3v) is 3.70. The summed E-state index contributed by atoms with van der Waals surface area (Å²) in [6, 6.07) is 5.88. The molecule has 0 spiro atoms. The molecule has 0 fully saturated rings. The highest BCUT2D eigenvalue weighted by atomic mass is 35.5. The summed E-state index contributed by atoms with van der Waals surface area (Å²) in [6.07, 6.45) is 1.77. The third kappa shape index (κ3) is 4.78. The van der Waals surface area contributed by atoms with Gasteiger partial charge in [-0.25, -0.2) is 4.98 Å². The van der Waals surface area contributed by atoms with E-state index in [9.17, 15) is 0 Å². The molecule has 0 atom stereocenters. The molecule has 20 heavy (non-hydrogen) atoms. The Hall–Kier alpha value is -1.10. The van der Waals surface area contributed by atoms with Crippen LogP contribution in [0.3, 0.4) is 0 Å². The summed E-state index contributed by atoms with van der Waals surface area (Å²) in [5, 5.41) is 6.94. The number of ether oxygens (including phenoxy) is 1. The van der Waals surface area contributed by atoms with Gasteiger partial charge in [0.1, 0.15) is 17.4 Å². The van der Waals surface area contributed by atoms with E-state index in [0.717, 1.165) is 17.1 Å². The zero-order valence-electron chi connectivity index (χ0n) is 11.9. The van der Waals surface area contributed by atoms with Crippen molar-refractivity contribution in [3.63, 3.8) is 0 Å². The molecule has 1 heterocycles. The highest BCUT2D eigenvalue weighted by molar-refractivity contribution is 7.09. The van der Waals surface area contributed by atoms with Gasteiger partial charge >= 0.3 is 0 Å². The lowest BCUT2D eigenvalue weighted by Crippen LogP contribution is -2.35. The first kappa shape index (κ1) is 15.3. The van der Waals surface area contributed by atoms with Gasteiger partial charge in [-0.2, -0.15) is 0 Å². The highest BCUT2D eigenvalue weighted by Crippen LogP contribution is 2.26. The van der Waals surface area contributed by atoms with Crippen LogP contribution in [0, 0.1) is 0 Å². The van der Waals surface area contributed by atoms with E-state index in [1.165, 1.54) is 0 Å². The Morgan fingerprint density at radius 3 is 2.75 bits per heavy atom. The smallest absolute Gasteiger partial charge is 0.140 e. The van der Waals surface area contributed by atoms with Crippen molar-refractivity contribution in [2.45, 2.75) is 39.5 Å². The zero-order valence-corrected chi connectivity index (χ0v) is 13.5. The fourth-order valence-electron chi connectivity index (χ4n) is 1.60. The average molecular weight is 311 g/mol. The standard InChI is InChI=1S/C15H19ClN2OS/c1-15(2,3)18-9-11-4-5-13(12(16)8-11)19-10-14-17-6-7-20-14/h4-8,18H,9-10H2,1-3H3. The van der Waals surface area contributed by atoms with Gasteiger partial charge in [0, 0.05) is 23.7 Å². The van der Waals surface area contributed by atoms with Gasteiger partial charge in [0.2, 0.25) is 0 Å². The van der Waals surface area contributed by atoms with Gasteiger partial charge in [0.05, 0.1) is 5.02 Å². The lowest BCUT2D eigenvalue weighted by atomic mass is 10.1. The van der Waals surface area contributed by atoms with Crippen LogP contribution in [0.5, 0.6) is 5.75 Å². The van der Waals surface area contributed by atoms with E-state index in [4.69, 9.17) is 16.3 Å². The molecule has 0 radical (unpaired) electrons. The Bertz CT molecular complexity index is 549. The van der Waals surface area contributed by atoms with Crippen molar-refractivity contribution in [3.8, 4) is 5.75 Å². The van der Waals surface area contributed by atoms with Crippen molar-refractivity contribution in [2.75, 3.05) is 0 Å². The van der Waals surface area contributed by atoms with Crippen LogP contribution in [-0.2, 0) is 13.2 Å². The number of hydrogen-bond acceptors (Lipinski definition) is 4. The van der Waals surface area contributed by atoms with E-state index in [1.807, 2.05) is 23.6 Å². The average Bonchev–Trinajstić information content (AvgIpc) is 2.87. The quantitative estimate of drug-likeness (QED) is 0.896. The van der Waals surface area contributed by atoms with Crippen LogP contribution < -0.4 is 10.1 Å². The highest BCUT2D eigenvalue weighted by Gasteiger charge is 2.10. The first-order chi connectivity index (χ1) is 9.44. The number of nitrogens with zero attached hydrogens (tertiary/aromatic N) is 1. The number of rotatable bonds is 5. The molecule has 0 amide bonds. The Kier molecular flexibility index (Phi) is 5.02. The summed E-state index contributed by atoms with van der Waals surface area (Å²) >= 11 is 7.82. The molecule has 1 aromatic carbocycles. The van der Waals surface area contributed by atoms with Crippen molar-refractivity contribution < 1.29 is 4.74 Å². The number of thiazole rings is 1. The van der Waals surface area contributed by atoms with Crippen LogP contribution in [0.15, 0.2) is 29.8 Å². The number of halogens is 1. The van der Waals surface area contributed by atoms with Crippen LogP contribution in [0.4, 0.5) is 0 Å². The normalized spacial score (nSPS) is 11.6. The van der Waals surface area contributed by atoms with Crippen molar-refractivity contribution in [1.82, 2.24) is 10.3 Å². The molecular weight excluding hydrogens is 292 g/mol. The summed E-state index contributed by atoms with van der Waals surface area (Å²) in [6.45, 7) is 7.66. The minimum Gasteiger partial charge on any atom is -0.485 e. The molecule has 1 aromatic heterocycles. The molecule has 0 aliphatic carbocycles. The predicted octanol–water partition coefficient (Wildman–Crippen LogP) is 4.26. The minimum absolute atomic E-state index is 0.0898. The summed E-state index contributed by atoms with van der Waals surface area (Å²) in [5.74, 6) is 0.696. The maximum absolute atomic E-state index is 6.25. The van der Waals surface area contributed by atoms with Crippen LogP contribution in [0.1, 0.15) is 31.3 Å². The van der Waals surface area contributed by atoms with Crippen molar-refractivity contribution in [3.05, 3.63) is 45.4 Å². The molecule has 0 bridgehead atoms. The number of benzene rings is 1. The fourth-order valence-corrected chi connectivity index (χ4v) is 2.39. The molecular formula is C15H19ClN2OS. The van der Waals surface area contributed by atoms with Crippen LogP contribution in [0.2, 0.25) is 5.02 Å². The molecule has 3 nitrogen and oxygen atoms in total. The largest absolute Gasteiger partial charge is 0.485 e. The summed E-state index contributed by atoms with van der Waals surface area (Å²) in [4.78, 5) is 4.18. The van der Waals surface area contributed by atoms with Gasteiger partial charge in [-0.1, -0.05) is 17.7 Å². The van der Waals surface area contributed by atoms with Gasteiger partial charge in [0.25, 0.3) is 0 Å². The molecule has 5 heteroatoms. The topological polar surface area (TPSA) is 34.1 Å². The van der Waals surface area contributed by atoms with Crippen molar-refractivity contribution in [1.29, 1.82) is 0 Å². The molecule has 0 unspecified atom stereocenters. The first-order valence-electron chi connectivity index (χ1n) is 6.49. The molecule has 0 aliphatic heterocycles. The second-order valence-electron chi connectivity index (χ2n) is 5.58. The summed E-state index contributed by atoms with van der Waals surface area (Å²) in [7, 11) is 0. The Balaban J connectivity index is 1.95. The molecule has 1 N–H and O–H groups in total. The molecule has 0 saturated heterocycles. The Morgan fingerprint density at radius 1 is 1.35 bits per heavy atom. The van der Waals surface area contributed by atoms with E-state index < -0.39 is 0 Å². The second kappa shape index (κ2) is 6.57. The predicted molar refractivity (Wildman–Crippen MR) is 84.5 cm³/mol. The van der Waals surface area contributed by atoms with Crippen molar-refractivity contribution >= 4 is 22.9 Å². The molecule has 2 aromatic rings. The second-order valence-corrected chi connectivity index (χ2v) is 6.97. The SMILES string of the molecule is CC(C)(C)NCc1ccc(OCc2nccs2)c(Cl)c1. The molecule has 0 aliphatic rings. The monoisotopic (exact) mass is 310 g/mol. The van der Waals surface area contributed by atoms with Gasteiger partial charge in [-0.05, 0) is 38.5 Å². The van der Waals surface area contributed by atoms with Crippen LogP contribution >= 0.6 is 22.9 Å². The number of hydrogen-bond donors (Lipinski definition) is 1. The van der Waals surface area contributed by atoms with Gasteiger partial charge < -0.3 is 10.1 Å². The number of nitrogens with one attached hydrogen (secondary N) is 1. The fraction of sp³-hybridized carbons (Fsp3) is 0.400. The van der Waals surface area contributed by atoms with Crippen LogP contribution in [0.25, 0.3) is 0 Å². The van der Waals surface area contributed by atoms with E-state index in [1.54, 1.807) is 17.5 Å². The molecule has 108 valence electrons. The first-order valence-corrected chi connectivity index (χ1v) is 7.74. The Morgan fingerprint density at radius 2 is 2.15 bits per heavy atom. The van der Waals surface area contributed by atoms with E-state index in [-0.39, 0.29) is 5.54 Å². The third-order valence-electron chi connectivity index (χ3n) is 2.65. The lowest BCUT2D eigenvalue weighted by Gasteiger charge is -2.20. The number of aromatic nitrogens is 1. The summed E-state index contributed by atoms with van der Waals surface area (Å²) in [5.41, 5.74) is 1.23. The van der Waals surface area contributed by atoms with Gasteiger partial charge in [-0.3, -0.25) is 0 Å². The van der Waals surface area contributed by atoms with Gasteiger partial charge in [0.15, 0.2) is 0 Å². The minimum atomic E-state index is 0.0898. The van der Waals surface area contributed by atoms with Crippen molar-refractivity contribution in [2.24, 2.45) is 0 Å². The van der Waals surface area contributed by atoms with E-state index in [2.05, 4.69) is 31.1 Å². The maximum Gasteiger partial charge on any atom is 0.140 e. The van der Waals surface area contributed by atoms with Gasteiger partial charge in [-0.15, -0.1) is 11.3 Å². The molecule has 2 rings (SSSR count). The lowest BCUT2D eigenvalue weighted by molar-refractivity contribution is 0.305. The zero-order chi connectivity index (χ0) is 14.6. The Labute approximate surface area is 129 Å². The summed E-state index contributed by atoms with van der Waals surface area (Å²) < 4.78 is 5.68.